The van der Waals surface area contributed by atoms with Gasteiger partial charge >= 0.3 is 0 Å². The number of rotatable bonds is 8. The average molecular weight is 366 g/mol. The number of hydrogen-bond acceptors (Lipinski definition) is 5. The molecule has 132 valence electrons. The molecule has 9 heteroatoms. The third-order valence-electron chi connectivity index (χ3n) is 3.02. The first-order valence-electron chi connectivity index (χ1n) is 6.94. The summed E-state index contributed by atoms with van der Waals surface area (Å²) >= 11 is 0. The number of methoxy groups -OCH3 is 1. The van der Waals surface area contributed by atoms with E-state index in [-0.39, 0.29) is 34.5 Å². The van der Waals surface area contributed by atoms with Gasteiger partial charge in [0.05, 0.1) is 7.11 Å². The Hall–Kier alpha value is -1.35. The van der Waals surface area contributed by atoms with Gasteiger partial charge in [-0.25, -0.2) is 12.7 Å². The zero-order chi connectivity index (χ0) is 16.8. The molecule has 1 aromatic carbocycles. The number of amides is 1. The molecule has 7 nitrogen and oxygen atoms in total. The number of halogens is 1. The van der Waals surface area contributed by atoms with Crippen LogP contribution >= 0.6 is 12.4 Å². The molecule has 1 rings (SSSR count). The fraction of sp³-hybridized carbons (Fsp3) is 0.500. The van der Waals surface area contributed by atoms with Gasteiger partial charge in [0, 0.05) is 32.7 Å². The van der Waals surface area contributed by atoms with Crippen molar-refractivity contribution in [3.63, 3.8) is 0 Å². The van der Waals surface area contributed by atoms with E-state index in [4.69, 9.17) is 4.74 Å². The molecule has 0 aliphatic carbocycles. The van der Waals surface area contributed by atoms with Crippen LogP contribution in [0.5, 0.6) is 5.75 Å². The Morgan fingerprint density at radius 3 is 2.43 bits per heavy atom. The lowest BCUT2D eigenvalue weighted by atomic mass is 10.2. The van der Waals surface area contributed by atoms with Gasteiger partial charge in [-0.15, -0.1) is 12.4 Å². The minimum Gasteiger partial charge on any atom is -0.495 e. The highest BCUT2D eigenvalue weighted by Gasteiger charge is 2.23. The molecule has 0 bridgehead atoms. The summed E-state index contributed by atoms with van der Waals surface area (Å²) in [6, 6.07) is 4.35. The molecule has 1 aromatic rings. The van der Waals surface area contributed by atoms with Gasteiger partial charge < -0.3 is 15.4 Å². The monoisotopic (exact) mass is 365 g/mol. The van der Waals surface area contributed by atoms with Crippen LogP contribution in [0.4, 0.5) is 0 Å². The highest BCUT2D eigenvalue weighted by Crippen LogP contribution is 2.26. The summed E-state index contributed by atoms with van der Waals surface area (Å²) in [7, 11) is 0.557. The lowest BCUT2D eigenvalue weighted by molar-refractivity contribution is 0.0953. The van der Waals surface area contributed by atoms with E-state index in [2.05, 4.69) is 10.6 Å². The van der Waals surface area contributed by atoms with Crippen LogP contribution in [0.1, 0.15) is 17.3 Å². The Morgan fingerprint density at radius 1 is 1.26 bits per heavy atom. The molecule has 0 aromatic heterocycles. The number of sulfonamides is 1. The smallest absolute Gasteiger partial charge is 0.251 e. The minimum absolute atomic E-state index is 0. The summed E-state index contributed by atoms with van der Waals surface area (Å²) in [5.74, 6) is -0.117. The van der Waals surface area contributed by atoms with Gasteiger partial charge in [-0.2, -0.15) is 0 Å². The summed E-state index contributed by atoms with van der Waals surface area (Å²) in [4.78, 5) is 12.0. The summed E-state index contributed by atoms with van der Waals surface area (Å²) in [5.41, 5.74) is 0.276. The number of nitrogens with zero attached hydrogens (tertiary/aromatic N) is 1. The molecule has 0 aliphatic rings. The standard InChI is InChI=1S/C14H23N3O4S.ClH/c1-5-15-8-9-16-14(18)11-6-7-12(21-4)13(10-11)22(19,20)17(2)3;/h6-7,10,15H,5,8-9H2,1-4H3,(H,16,18);1H. The third kappa shape index (κ3) is 5.65. The summed E-state index contributed by atoms with van der Waals surface area (Å²) < 4.78 is 30.7. The molecule has 0 atom stereocenters. The number of carbonyl (C=O) groups is 1. The molecule has 0 saturated carbocycles. The fourth-order valence-electron chi connectivity index (χ4n) is 1.76. The summed E-state index contributed by atoms with van der Waals surface area (Å²) in [5, 5.41) is 5.82. The van der Waals surface area contributed by atoms with Crippen molar-refractivity contribution in [2.45, 2.75) is 11.8 Å². The quantitative estimate of drug-likeness (QED) is 0.662. The van der Waals surface area contributed by atoms with Crippen molar-refractivity contribution in [2.24, 2.45) is 0 Å². The molecular formula is C14H24ClN3O4S. The van der Waals surface area contributed by atoms with Gasteiger partial charge in [-0.05, 0) is 24.7 Å². The van der Waals surface area contributed by atoms with E-state index < -0.39 is 10.0 Å². The van der Waals surface area contributed by atoms with Crippen molar-refractivity contribution < 1.29 is 17.9 Å². The zero-order valence-corrected chi connectivity index (χ0v) is 15.4. The van der Waals surface area contributed by atoms with E-state index in [0.717, 1.165) is 10.8 Å². The molecule has 0 radical (unpaired) electrons. The number of ether oxygens (including phenoxy) is 1. The number of benzene rings is 1. The van der Waals surface area contributed by atoms with Crippen LogP contribution in [0.2, 0.25) is 0 Å². The summed E-state index contributed by atoms with van der Waals surface area (Å²) in [6.07, 6.45) is 0. The van der Waals surface area contributed by atoms with Gasteiger partial charge in [0.1, 0.15) is 10.6 Å². The highest BCUT2D eigenvalue weighted by molar-refractivity contribution is 7.89. The molecule has 2 N–H and O–H groups in total. The van der Waals surface area contributed by atoms with E-state index in [1.54, 1.807) is 0 Å². The van der Waals surface area contributed by atoms with Crippen molar-refractivity contribution in [3.8, 4) is 5.75 Å². The average Bonchev–Trinajstić information content (AvgIpc) is 2.50. The van der Waals surface area contributed by atoms with Crippen molar-refractivity contribution in [1.29, 1.82) is 0 Å². The fourth-order valence-corrected chi connectivity index (χ4v) is 2.83. The molecule has 0 saturated heterocycles. The normalized spacial score (nSPS) is 11.0. The molecule has 23 heavy (non-hydrogen) atoms. The lowest BCUT2D eigenvalue weighted by Crippen LogP contribution is -2.32. The van der Waals surface area contributed by atoms with E-state index in [0.29, 0.717) is 13.1 Å². The second-order valence-corrected chi connectivity index (χ2v) is 6.88. The van der Waals surface area contributed by atoms with Crippen LogP contribution in [0, 0.1) is 0 Å². The van der Waals surface area contributed by atoms with Gasteiger partial charge in [-0.1, -0.05) is 6.92 Å². The van der Waals surface area contributed by atoms with Crippen molar-refractivity contribution in [1.82, 2.24) is 14.9 Å². The first kappa shape index (κ1) is 21.6. The second kappa shape index (κ2) is 9.71. The second-order valence-electron chi connectivity index (χ2n) is 4.76. The van der Waals surface area contributed by atoms with Crippen LogP contribution in [0.3, 0.4) is 0 Å². The van der Waals surface area contributed by atoms with Crippen LogP contribution in [-0.2, 0) is 10.0 Å². The number of hydrogen-bond donors (Lipinski definition) is 2. The van der Waals surface area contributed by atoms with E-state index in [1.165, 1.54) is 39.4 Å². The maximum Gasteiger partial charge on any atom is 0.251 e. The molecule has 0 spiro atoms. The summed E-state index contributed by atoms with van der Waals surface area (Å²) in [6.45, 7) is 3.92. The SMILES string of the molecule is CCNCCNC(=O)c1ccc(OC)c(S(=O)(=O)N(C)C)c1.Cl. The molecule has 0 aliphatic heterocycles. The predicted octanol–water partition coefficient (Wildman–Crippen LogP) is 0.707. The first-order chi connectivity index (χ1) is 10.3. The van der Waals surface area contributed by atoms with Gasteiger partial charge in [0.15, 0.2) is 0 Å². The molecular weight excluding hydrogens is 342 g/mol. The number of likely N-dealkylation sites (N-methyl/N-ethyl adjacent to an activating group) is 1. The topological polar surface area (TPSA) is 87.7 Å². The first-order valence-corrected chi connectivity index (χ1v) is 8.38. The van der Waals surface area contributed by atoms with Crippen LogP contribution in [0.15, 0.2) is 23.1 Å². The van der Waals surface area contributed by atoms with Gasteiger partial charge in [0.2, 0.25) is 10.0 Å². The maximum absolute atomic E-state index is 12.3. The Labute approximate surface area is 143 Å². The maximum atomic E-state index is 12.3. The predicted molar refractivity (Wildman–Crippen MR) is 92.0 cm³/mol. The Bertz CT molecular complexity index is 620. The van der Waals surface area contributed by atoms with E-state index >= 15 is 0 Å². The third-order valence-corrected chi connectivity index (χ3v) is 4.86. The van der Waals surface area contributed by atoms with Crippen molar-refractivity contribution >= 4 is 28.3 Å². The lowest BCUT2D eigenvalue weighted by Gasteiger charge is -2.15. The zero-order valence-electron chi connectivity index (χ0n) is 13.8. The number of nitrogens with one attached hydrogen (secondary N) is 2. The highest BCUT2D eigenvalue weighted by atomic mass is 35.5. The van der Waals surface area contributed by atoms with E-state index in [9.17, 15) is 13.2 Å². The van der Waals surface area contributed by atoms with Crippen molar-refractivity contribution in [3.05, 3.63) is 23.8 Å². The Balaban J connectivity index is 0.00000484. The molecule has 0 heterocycles. The number of carbonyl (C=O) groups excluding carboxylic acids is 1. The Kier molecular flexibility index (Phi) is 9.14. The molecule has 1 amide bonds. The minimum atomic E-state index is -3.69. The van der Waals surface area contributed by atoms with Gasteiger partial charge in [0.25, 0.3) is 5.91 Å². The van der Waals surface area contributed by atoms with Crippen molar-refractivity contribution in [2.75, 3.05) is 40.8 Å². The van der Waals surface area contributed by atoms with Crippen LogP contribution in [0.25, 0.3) is 0 Å². The molecule has 0 fully saturated rings. The largest absolute Gasteiger partial charge is 0.495 e. The van der Waals surface area contributed by atoms with Crippen LogP contribution in [-0.4, -0.2) is 59.5 Å². The molecule has 0 unspecified atom stereocenters. The Morgan fingerprint density at radius 2 is 1.91 bits per heavy atom. The van der Waals surface area contributed by atoms with E-state index in [1.807, 2.05) is 6.92 Å². The van der Waals surface area contributed by atoms with Gasteiger partial charge in [-0.3, -0.25) is 4.79 Å². The van der Waals surface area contributed by atoms with Crippen LogP contribution < -0.4 is 15.4 Å².